The largest absolute Gasteiger partial charge is 0.349 e. The molecule has 21 heavy (non-hydrogen) atoms. The smallest absolute Gasteiger partial charge is 0.230 e. The summed E-state index contributed by atoms with van der Waals surface area (Å²) < 4.78 is 0. The van der Waals surface area contributed by atoms with E-state index < -0.39 is 0 Å². The zero-order valence-corrected chi connectivity index (χ0v) is 14.4. The average molecular weight is 329 g/mol. The van der Waals surface area contributed by atoms with Crippen LogP contribution < -0.4 is 11.1 Å². The lowest BCUT2D eigenvalue weighted by atomic mass is 9.96. The molecular weight excluding hydrogens is 304 g/mol. The van der Waals surface area contributed by atoms with Crippen molar-refractivity contribution < 1.29 is 4.79 Å². The molecule has 1 fully saturated rings. The summed E-state index contributed by atoms with van der Waals surface area (Å²) in [4.78, 5) is 12.0. The van der Waals surface area contributed by atoms with Crippen molar-refractivity contribution in [3.8, 4) is 0 Å². The minimum Gasteiger partial charge on any atom is -0.349 e. The van der Waals surface area contributed by atoms with Gasteiger partial charge in [0.05, 0.1) is 11.3 Å². The van der Waals surface area contributed by atoms with Crippen LogP contribution in [0.25, 0.3) is 0 Å². The van der Waals surface area contributed by atoms with Crippen molar-refractivity contribution >= 4 is 30.1 Å². The van der Waals surface area contributed by atoms with Gasteiger partial charge in [-0.1, -0.05) is 29.8 Å². The molecule has 1 saturated carbocycles. The summed E-state index contributed by atoms with van der Waals surface area (Å²) in [6.07, 6.45) is 2.37. The molecule has 0 saturated heterocycles. The van der Waals surface area contributed by atoms with Crippen LogP contribution in [-0.2, 0) is 10.5 Å². The first-order chi connectivity index (χ1) is 9.53. The number of aryl methyl sites for hydroxylation is 1. The highest BCUT2D eigenvalue weighted by Gasteiger charge is 2.41. The van der Waals surface area contributed by atoms with Gasteiger partial charge in [-0.2, -0.15) is 0 Å². The first-order valence-corrected chi connectivity index (χ1v) is 8.33. The minimum absolute atomic E-state index is 0. The summed E-state index contributed by atoms with van der Waals surface area (Å²) in [5, 5.41) is 3.12. The lowest BCUT2D eigenvalue weighted by Crippen LogP contribution is -2.53. The molecule has 1 unspecified atom stereocenters. The normalized spacial score (nSPS) is 16.7. The van der Waals surface area contributed by atoms with Gasteiger partial charge in [-0.15, -0.1) is 24.2 Å². The standard InChI is InChI=1S/C16H24N2OS.ClH/c1-12-4-3-5-13(8-12)9-20-10-15(19)18-16(2,11-17)14-6-7-14;/h3-5,8,14H,6-7,9-11,17H2,1-2H3,(H,18,19);1H. The monoisotopic (exact) mass is 328 g/mol. The topological polar surface area (TPSA) is 55.1 Å². The molecule has 2 rings (SSSR count). The Morgan fingerprint density at radius 3 is 2.76 bits per heavy atom. The molecule has 118 valence electrons. The molecule has 0 spiro atoms. The predicted molar refractivity (Wildman–Crippen MR) is 92.9 cm³/mol. The molecule has 5 heteroatoms. The Bertz CT molecular complexity index is 479. The first-order valence-electron chi connectivity index (χ1n) is 7.18. The molecular formula is C16H25ClN2OS. The van der Waals surface area contributed by atoms with Crippen LogP contribution in [0.2, 0.25) is 0 Å². The molecule has 1 aromatic carbocycles. The molecule has 3 N–H and O–H groups in total. The SMILES string of the molecule is Cc1cccc(CSCC(=O)NC(C)(CN)C2CC2)c1.Cl. The van der Waals surface area contributed by atoms with Crippen LogP contribution in [0.4, 0.5) is 0 Å². The number of hydrogen-bond acceptors (Lipinski definition) is 3. The molecule has 1 aromatic rings. The Morgan fingerprint density at radius 1 is 1.48 bits per heavy atom. The highest BCUT2D eigenvalue weighted by Crippen LogP contribution is 2.38. The lowest BCUT2D eigenvalue weighted by Gasteiger charge is -2.29. The summed E-state index contributed by atoms with van der Waals surface area (Å²) in [7, 11) is 0. The Balaban J connectivity index is 0.00000220. The molecule has 1 aliphatic carbocycles. The van der Waals surface area contributed by atoms with Gasteiger partial charge in [0, 0.05) is 12.3 Å². The van der Waals surface area contributed by atoms with Crippen LogP contribution in [0.3, 0.4) is 0 Å². The number of amides is 1. The molecule has 0 radical (unpaired) electrons. The fourth-order valence-corrected chi connectivity index (χ4v) is 3.23. The number of benzene rings is 1. The number of halogens is 1. The van der Waals surface area contributed by atoms with E-state index in [-0.39, 0.29) is 23.9 Å². The maximum atomic E-state index is 12.0. The van der Waals surface area contributed by atoms with Crippen LogP contribution in [0.15, 0.2) is 24.3 Å². The van der Waals surface area contributed by atoms with E-state index in [0.717, 1.165) is 5.75 Å². The van der Waals surface area contributed by atoms with Crippen molar-refractivity contribution in [1.29, 1.82) is 0 Å². The third-order valence-corrected chi connectivity index (χ3v) is 4.92. The second-order valence-corrected chi connectivity index (χ2v) is 6.91. The Morgan fingerprint density at radius 2 is 2.19 bits per heavy atom. The van der Waals surface area contributed by atoms with Gasteiger partial charge in [-0.05, 0) is 38.2 Å². The number of nitrogens with one attached hydrogen (secondary N) is 1. The second-order valence-electron chi connectivity index (χ2n) is 5.93. The highest BCUT2D eigenvalue weighted by atomic mass is 35.5. The van der Waals surface area contributed by atoms with Gasteiger partial charge < -0.3 is 11.1 Å². The van der Waals surface area contributed by atoms with Crippen LogP contribution in [-0.4, -0.2) is 23.7 Å². The van der Waals surface area contributed by atoms with Gasteiger partial charge in [0.15, 0.2) is 0 Å². The Kier molecular flexibility index (Phi) is 7.04. The molecule has 1 aliphatic rings. The molecule has 0 aromatic heterocycles. The molecule has 0 heterocycles. The summed E-state index contributed by atoms with van der Waals surface area (Å²) in [6, 6.07) is 8.41. The second kappa shape index (κ2) is 8.06. The molecule has 0 aliphatic heterocycles. The van der Waals surface area contributed by atoms with Gasteiger partial charge in [0.1, 0.15) is 0 Å². The lowest BCUT2D eigenvalue weighted by molar-refractivity contribution is -0.120. The van der Waals surface area contributed by atoms with E-state index in [1.807, 2.05) is 0 Å². The van der Waals surface area contributed by atoms with Crippen LogP contribution in [0, 0.1) is 12.8 Å². The van der Waals surface area contributed by atoms with Crippen molar-refractivity contribution in [2.75, 3.05) is 12.3 Å². The third kappa shape index (κ3) is 5.53. The summed E-state index contributed by atoms with van der Waals surface area (Å²) in [5.41, 5.74) is 8.13. The maximum Gasteiger partial charge on any atom is 0.230 e. The molecule has 1 atom stereocenters. The van der Waals surface area contributed by atoms with Crippen LogP contribution >= 0.6 is 24.2 Å². The first kappa shape index (κ1) is 18.3. The zero-order chi connectivity index (χ0) is 14.6. The Labute approximate surface area is 137 Å². The van der Waals surface area contributed by atoms with Crippen LogP contribution in [0.5, 0.6) is 0 Å². The maximum absolute atomic E-state index is 12.0. The Hall–Kier alpha value is -0.710. The number of rotatable bonds is 7. The van der Waals surface area contributed by atoms with Crippen molar-refractivity contribution in [3.05, 3.63) is 35.4 Å². The summed E-state index contributed by atoms with van der Waals surface area (Å²) in [5.74, 6) is 2.04. The average Bonchev–Trinajstić information content (AvgIpc) is 3.23. The van der Waals surface area contributed by atoms with Crippen LogP contribution in [0.1, 0.15) is 30.9 Å². The molecule has 1 amide bonds. The predicted octanol–water partition coefficient (Wildman–Crippen LogP) is 2.89. The number of carbonyl (C=O) groups excluding carboxylic acids is 1. The van der Waals surface area contributed by atoms with E-state index >= 15 is 0 Å². The fourth-order valence-electron chi connectivity index (χ4n) is 2.46. The van der Waals surface area contributed by atoms with E-state index in [1.165, 1.54) is 24.0 Å². The third-order valence-electron chi connectivity index (χ3n) is 3.91. The number of hydrogen-bond donors (Lipinski definition) is 2. The van der Waals surface area contributed by atoms with E-state index in [4.69, 9.17) is 5.73 Å². The highest BCUT2D eigenvalue weighted by molar-refractivity contribution is 7.99. The van der Waals surface area contributed by atoms with E-state index in [1.54, 1.807) is 11.8 Å². The van der Waals surface area contributed by atoms with Crippen molar-refractivity contribution in [3.63, 3.8) is 0 Å². The zero-order valence-electron chi connectivity index (χ0n) is 12.7. The number of carbonyl (C=O) groups is 1. The summed E-state index contributed by atoms with van der Waals surface area (Å²) in [6.45, 7) is 4.67. The summed E-state index contributed by atoms with van der Waals surface area (Å²) >= 11 is 1.65. The number of nitrogens with two attached hydrogens (primary N) is 1. The van der Waals surface area contributed by atoms with E-state index in [0.29, 0.717) is 18.2 Å². The van der Waals surface area contributed by atoms with Gasteiger partial charge in [-0.25, -0.2) is 0 Å². The van der Waals surface area contributed by atoms with Crippen molar-refractivity contribution in [2.45, 2.75) is 38.0 Å². The van der Waals surface area contributed by atoms with E-state index in [9.17, 15) is 4.79 Å². The fraction of sp³-hybridized carbons (Fsp3) is 0.562. The number of thioether (sulfide) groups is 1. The van der Waals surface area contributed by atoms with Gasteiger partial charge in [-0.3, -0.25) is 4.79 Å². The van der Waals surface area contributed by atoms with Gasteiger partial charge >= 0.3 is 0 Å². The molecule has 3 nitrogen and oxygen atoms in total. The van der Waals surface area contributed by atoms with Crippen molar-refractivity contribution in [1.82, 2.24) is 5.32 Å². The van der Waals surface area contributed by atoms with Crippen molar-refractivity contribution in [2.24, 2.45) is 11.7 Å². The minimum atomic E-state index is -0.207. The quantitative estimate of drug-likeness (QED) is 0.809. The van der Waals surface area contributed by atoms with Gasteiger partial charge in [0.2, 0.25) is 5.91 Å². The van der Waals surface area contributed by atoms with Gasteiger partial charge in [0.25, 0.3) is 0 Å². The van der Waals surface area contributed by atoms with E-state index in [2.05, 4.69) is 43.4 Å². The molecule has 0 bridgehead atoms.